The maximum absolute atomic E-state index is 14.3. The van der Waals surface area contributed by atoms with Crippen molar-refractivity contribution >= 4 is 57.3 Å². The minimum Gasteiger partial charge on any atom is -0.343 e. The molecule has 3 aromatic carbocycles. The quantitative estimate of drug-likeness (QED) is 0.235. The molecule has 0 unspecified atom stereocenters. The van der Waals surface area contributed by atoms with Gasteiger partial charge in [0.2, 0.25) is 0 Å². The van der Waals surface area contributed by atoms with Crippen LogP contribution >= 0.6 is 12.4 Å². The lowest BCUT2D eigenvalue weighted by molar-refractivity contribution is -0.119. The van der Waals surface area contributed by atoms with Gasteiger partial charge in [-0.1, -0.05) is 62.4 Å². The second-order valence-electron chi connectivity index (χ2n) is 11.2. The minimum atomic E-state index is -0.301. The van der Waals surface area contributed by atoms with E-state index in [2.05, 4.69) is 35.1 Å². The first kappa shape index (κ1) is 27.1. The summed E-state index contributed by atoms with van der Waals surface area (Å²) < 4.78 is 4.38. The fourth-order valence-corrected chi connectivity index (χ4v) is 6.48. The van der Waals surface area contributed by atoms with Crippen LogP contribution in [-0.4, -0.2) is 20.9 Å². The molecule has 41 heavy (non-hydrogen) atoms. The summed E-state index contributed by atoms with van der Waals surface area (Å²) in [7, 11) is 0. The number of hydrogen-bond donors (Lipinski definition) is 1. The number of amides is 2. The van der Waals surface area contributed by atoms with Gasteiger partial charge in [0.15, 0.2) is 0 Å². The second kappa shape index (κ2) is 10.4. The standard InChI is InChI=1S/C34H32N4O2.ClH/c1-21(2)32(35)24-14-10-17-28-31(24)33(29-16-8-9-18-36(28)29)38-30(39)19-25(34(38)40)26-20-37(22-11-4-3-5-12-22)27-15-7-6-13-23(26)27;/h3-7,10-15,17,19-21,32H,8-9,16,18,35H2,1-2H3;1H/t32-;/m0./s1. The predicted octanol–water partition coefficient (Wildman–Crippen LogP) is 6.96. The number of rotatable bonds is 5. The van der Waals surface area contributed by atoms with Crippen molar-refractivity contribution in [1.29, 1.82) is 0 Å². The molecule has 0 bridgehead atoms. The van der Waals surface area contributed by atoms with Crippen molar-refractivity contribution in [3.05, 3.63) is 102 Å². The van der Waals surface area contributed by atoms with Crippen LogP contribution in [0.3, 0.4) is 0 Å². The number of nitrogens with zero attached hydrogens (tertiary/aromatic N) is 3. The number of para-hydroxylation sites is 2. The molecular weight excluding hydrogens is 532 g/mol. The highest BCUT2D eigenvalue weighted by molar-refractivity contribution is 6.45. The molecule has 208 valence electrons. The highest BCUT2D eigenvalue weighted by Gasteiger charge is 2.39. The summed E-state index contributed by atoms with van der Waals surface area (Å²) >= 11 is 0. The van der Waals surface area contributed by atoms with Gasteiger partial charge in [0.25, 0.3) is 11.8 Å². The number of halogens is 1. The number of aromatic nitrogens is 2. The molecule has 0 saturated carbocycles. The number of hydrogen-bond acceptors (Lipinski definition) is 3. The van der Waals surface area contributed by atoms with Gasteiger partial charge in [0, 0.05) is 52.6 Å². The van der Waals surface area contributed by atoms with Crippen molar-refractivity contribution in [2.24, 2.45) is 11.7 Å². The zero-order valence-corrected chi connectivity index (χ0v) is 24.0. The van der Waals surface area contributed by atoms with E-state index < -0.39 is 0 Å². The van der Waals surface area contributed by atoms with Gasteiger partial charge in [0.05, 0.1) is 22.3 Å². The number of carbonyl (C=O) groups excluding carboxylic acids is 2. The van der Waals surface area contributed by atoms with Gasteiger partial charge in [-0.3, -0.25) is 9.59 Å². The fourth-order valence-electron chi connectivity index (χ4n) is 6.48. The van der Waals surface area contributed by atoms with E-state index in [1.54, 1.807) is 0 Å². The highest BCUT2D eigenvalue weighted by Crippen LogP contribution is 2.44. The van der Waals surface area contributed by atoms with Crippen LogP contribution in [0.25, 0.3) is 33.1 Å². The lowest BCUT2D eigenvalue weighted by Gasteiger charge is -2.22. The lowest BCUT2D eigenvalue weighted by Crippen LogP contribution is -2.32. The van der Waals surface area contributed by atoms with Crippen LogP contribution in [0.15, 0.2) is 85.1 Å². The number of imide groups is 1. The Morgan fingerprint density at radius 3 is 2.37 bits per heavy atom. The minimum absolute atomic E-state index is 0. The molecule has 7 rings (SSSR count). The molecule has 0 fully saturated rings. The molecule has 1 atom stereocenters. The largest absolute Gasteiger partial charge is 0.343 e. The average Bonchev–Trinajstić information content (AvgIpc) is 3.62. The molecule has 4 heterocycles. The van der Waals surface area contributed by atoms with Crippen LogP contribution in [0.5, 0.6) is 0 Å². The number of carbonyl (C=O) groups is 2. The molecule has 0 spiro atoms. The molecule has 5 aromatic rings. The summed E-state index contributed by atoms with van der Waals surface area (Å²) in [5.74, 6) is -0.377. The molecule has 2 aliphatic heterocycles. The topological polar surface area (TPSA) is 73.3 Å². The first-order chi connectivity index (χ1) is 19.5. The van der Waals surface area contributed by atoms with E-state index in [4.69, 9.17) is 5.73 Å². The van der Waals surface area contributed by atoms with Gasteiger partial charge in [-0.2, -0.15) is 0 Å². The van der Waals surface area contributed by atoms with Gasteiger partial charge >= 0.3 is 0 Å². The van der Waals surface area contributed by atoms with Crippen LogP contribution in [0.2, 0.25) is 0 Å². The Hall–Kier alpha value is -4.13. The monoisotopic (exact) mass is 564 g/mol. The van der Waals surface area contributed by atoms with E-state index >= 15 is 0 Å². The SMILES string of the molecule is CC(C)[C@H](N)c1cccc2c1c(N1C(=O)C=C(c3cn(-c4ccccc4)c4ccccc34)C1=O)c1n2CCCC1.Cl. The molecule has 6 nitrogen and oxygen atoms in total. The first-order valence-corrected chi connectivity index (χ1v) is 14.1. The van der Waals surface area contributed by atoms with Gasteiger partial charge < -0.3 is 14.9 Å². The van der Waals surface area contributed by atoms with E-state index in [9.17, 15) is 9.59 Å². The zero-order valence-electron chi connectivity index (χ0n) is 23.2. The van der Waals surface area contributed by atoms with Crippen LogP contribution in [0, 0.1) is 5.92 Å². The van der Waals surface area contributed by atoms with E-state index in [1.807, 2.05) is 66.9 Å². The Morgan fingerprint density at radius 1 is 0.854 bits per heavy atom. The number of anilines is 1. The van der Waals surface area contributed by atoms with Crippen LogP contribution in [-0.2, 0) is 22.6 Å². The summed E-state index contributed by atoms with van der Waals surface area (Å²) in [6.45, 7) is 5.08. The Kier molecular flexibility index (Phi) is 6.84. The normalized spacial score (nSPS) is 15.9. The van der Waals surface area contributed by atoms with Crippen molar-refractivity contribution in [1.82, 2.24) is 9.13 Å². The number of fused-ring (bicyclic) bond motifs is 4. The van der Waals surface area contributed by atoms with Gasteiger partial charge in [0.1, 0.15) is 0 Å². The second-order valence-corrected chi connectivity index (χ2v) is 11.2. The molecule has 2 N–H and O–H groups in total. The molecular formula is C34H33ClN4O2. The molecule has 2 amide bonds. The Labute approximate surface area is 245 Å². The van der Waals surface area contributed by atoms with Crippen LogP contribution < -0.4 is 10.6 Å². The number of benzene rings is 3. The summed E-state index contributed by atoms with van der Waals surface area (Å²) in [6, 6.07) is 24.1. The Balaban J connectivity index is 0.00000302. The van der Waals surface area contributed by atoms with Crippen molar-refractivity contribution in [2.45, 2.75) is 45.7 Å². The summed E-state index contributed by atoms with van der Waals surface area (Å²) in [5.41, 5.74) is 13.7. The average molecular weight is 565 g/mol. The van der Waals surface area contributed by atoms with Gasteiger partial charge in [-0.25, -0.2) is 4.90 Å². The number of aryl methyl sites for hydroxylation is 1. The summed E-state index contributed by atoms with van der Waals surface area (Å²) in [4.78, 5) is 29.6. The van der Waals surface area contributed by atoms with E-state index in [0.29, 0.717) is 5.57 Å². The lowest BCUT2D eigenvalue weighted by atomic mass is 9.93. The Morgan fingerprint density at radius 2 is 1.59 bits per heavy atom. The first-order valence-electron chi connectivity index (χ1n) is 14.1. The van der Waals surface area contributed by atoms with E-state index in [0.717, 1.165) is 75.8 Å². The molecule has 0 aliphatic carbocycles. The molecule has 0 saturated heterocycles. The third-order valence-corrected chi connectivity index (χ3v) is 8.51. The molecule has 2 aromatic heterocycles. The van der Waals surface area contributed by atoms with Crippen molar-refractivity contribution in [3.8, 4) is 5.69 Å². The van der Waals surface area contributed by atoms with E-state index in [-0.39, 0.29) is 36.2 Å². The number of nitrogens with two attached hydrogens (primary N) is 1. The third kappa shape index (κ3) is 4.13. The molecule has 2 aliphatic rings. The zero-order chi connectivity index (χ0) is 27.5. The van der Waals surface area contributed by atoms with Crippen molar-refractivity contribution in [2.75, 3.05) is 4.90 Å². The highest BCUT2D eigenvalue weighted by atomic mass is 35.5. The van der Waals surface area contributed by atoms with Crippen molar-refractivity contribution < 1.29 is 9.59 Å². The third-order valence-electron chi connectivity index (χ3n) is 8.51. The maximum atomic E-state index is 14.3. The van der Waals surface area contributed by atoms with E-state index in [1.165, 1.54) is 11.0 Å². The molecule has 0 radical (unpaired) electrons. The van der Waals surface area contributed by atoms with Gasteiger partial charge in [-0.15, -0.1) is 12.4 Å². The summed E-state index contributed by atoms with van der Waals surface area (Å²) in [5, 5.41) is 1.87. The summed E-state index contributed by atoms with van der Waals surface area (Å²) in [6.07, 6.45) is 6.41. The smallest absolute Gasteiger partial charge is 0.266 e. The van der Waals surface area contributed by atoms with Gasteiger partial charge in [-0.05, 0) is 55.0 Å². The van der Waals surface area contributed by atoms with Crippen LogP contribution in [0.4, 0.5) is 5.69 Å². The van der Waals surface area contributed by atoms with Crippen molar-refractivity contribution in [3.63, 3.8) is 0 Å². The predicted molar refractivity (Wildman–Crippen MR) is 168 cm³/mol. The Bertz CT molecular complexity index is 1850. The molecule has 7 heteroatoms. The van der Waals surface area contributed by atoms with Crippen LogP contribution in [0.1, 0.15) is 49.6 Å². The maximum Gasteiger partial charge on any atom is 0.266 e. The fraction of sp³-hybridized carbons (Fsp3) is 0.235.